The number of nitrogens with zero attached hydrogens (tertiary/aromatic N) is 2. The van der Waals surface area contributed by atoms with E-state index in [4.69, 9.17) is 28.5 Å². The molecule has 17 heavy (non-hydrogen) atoms. The number of hydrogen-bond acceptors (Lipinski definition) is 3. The van der Waals surface area contributed by atoms with Crippen LogP contribution in [0.3, 0.4) is 0 Å². The zero-order valence-corrected chi connectivity index (χ0v) is 10.7. The lowest BCUT2D eigenvalue weighted by Crippen LogP contribution is -2.34. The van der Waals surface area contributed by atoms with Gasteiger partial charge < -0.3 is 5.32 Å². The summed E-state index contributed by atoms with van der Waals surface area (Å²) in [5.41, 5.74) is 0.339. The van der Waals surface area contributed by atoms with Crippen molar-refractivity contribution in [1.29, 1.82) is 5.26 Å². The fourth-order valence-corrected chi connectivity index (χ4v) is 1.73. The number of aromatic nitrogens is 1. The Morgan fingerprint density at radius 1 is 1.53 bits per heavy atom. The van der Waals surface area contributed by atoms with Crippen molar-refractivity contribution in [2.45, 2.75) is 25.8 Å². The van der Waals surface area contributed by atoms with Gasteiger partial charge in [-0.15, -0.1) is 0 Å². The standard InChI is InChI=1S/C11H11Cl2N3O/c1-2-8(3-4-14)15-11(17)7-5-9(12)16-10(13)6-7/h5-6,8H,2-3H2,1H3,(H,15,17). The molecule has 0 saturated heterocycles. The van der Waals surface area contributed by atoms with Gasteiger partial charge in [-0.25, -0.2) is 4.98 Å². The molecule has 6 heteroatoms. The molecule has 1 rings (SSSR count). The molecule has 1 aromatic heterocycles. The van der Waals surface area contributed by atoms with Crippen LogP contribution in [0.1, 0.15) is 30.1 Å². The van der Waals surface area contributed by atoms with Crippen molar-refractivity contribution in [1.82, 2.24) is 10.3 Å². The van der Waals surface area contributed by atoms with Crippen LogP contribution < -0.4 is 5.32 Å². The molecule has 0 saturated carbocycles. The minimum atomic E-state index is -0.307. The van der Waals surface area contributed by atoms with Crippen LogP contribution in [-0.4, -0.2) is 16.9 Å². The largest absolute Gasteiger partial charge is 0.348 e. The third kappa shape index (κ3) is 4.22. The van der Waals surface area contributed by atoms with Gasteiger partial charge in [0.25, 0.3) is 5.91 Å². The topological polar surface area (TPSA) is 65.8 Å². The Kier molecular flexibility index (Phi) is 5.20. The van der Waals surface area contributed by atoms with E-state index in [1.54, 1.807) is 0 Å². The normalized spacial score (nSPS) is 11.6. The zero-order valence-electron chi connectivity index (χ0n) is 9.20. The van der Waals surface area contributed by atoms with E-state index in [1.807, 2.05) is 13.0 Å². The average Bonchev–Trinajstić information content (AvgIpc) is 2.27. The summed E-state index contributed by atoms with van der Waals surface area (Å²) in [7, 11) is 0. The number of amides is 1. The molecule has 0 fully saturated rings. The van der Waals surface area contributed by atoms with Crippen molar-refractivity contribution in [2.24, 2.45) is 0 Å². The number of pyridine rings is 1. The summed E-state index contributed by atoms with van der Waals surface area (Å²) >= 11 is 11.4. The second-order valence-electron chi connectivity index (χ2n) is 3.44. The summed E-state index contributed by atoms with van der Waals surface area (Å²) in [4.78, 5) is 15.6. The van der Waals surface area contributed by atoms with E-state index in [1.165, 1.54) is 12.1 Å². The average molecular weight is 272 g/mol. The number of carbonyl (C=O) groups is 1. The Bertz CT molecular complexity index is 436. The summed E-state index contributed by atoms with van der Waals surface area (Å²) in [6, 6.07) is 4.72. The molecule has 1 heterocycles. The zero-order chi connectivity index (χ0) is 12.8. The first-order valence-electron chi connectivity index (χ1n) is 5.07. The monoisotopic (exact) mass is 271 g/mol. The maximum Gasteiger partial charge on any atom is 0.251 e. The second kappa shape index (κ2) is 6.43. The molecule has 4 nitrogen and oxygen atoms in total. The Labute approximate surface area is 110 Å². The lowest BCUT2D eigenvalue weighted by Gasteiger charge is -2.13. The molecule has 1 amide bonds. The van der Waals surface area contributed by atoms with Gasteiger partial charge in [-0.2, -0.15) is 5.26 Å². The molecule has 0 radical (unpaired) electrons. The van der Waals surface area contributed by atoms with Crippen molar-refractivity contribution in [3.05, 3.63) is 28.0 Å². The predicted octanol–water partition coefficient (Wildman–Crippen LogP) is 2.81. The lowest BCUT2D eigenvalue weighted by atomic mass is 10.1. The number of halogens is 2. The van der Waals surface area contributed by atoms with E-state index >= 15 is 0 Å². The highest BCUT2D eigenvalue weighted by Crippen LogP contribution is 2.14. The van der Waals surface area contributed by atoms with Crippen LogP contribution in [-0.2, 0) is 0 Å². The van der Waals surface area contributed by atoms with Gasteiger partial charge in [0.05, 0.1) is 12.5 Å². The quantitative estimate of drug-likeness (QED) is 0.857. The van der Waals surface area contributed by atoms with Crippen LogP contribution in [0.5, 0.6) is 0 Å². The summed E-state index contributed by atoms with van der Waals surface area (Å²) in [5.74, 6) is -0.307. The minimum absolute atomic E-state index is 0.163. The smallest absolute Gasteiger partial charge is 0.251 e. The number of carbonyl (C=O) groups excluding carboxylic acids is 1. The van der Waals surface area contributed by atoms with E-state index in [-0.39, 0.29) is 28.7 Å². The fraction of sp³-hybridized carbons (Fsp3) is 0.364. The minimum Gasteiger partial charge on any atom is -0.348 e. The van der Waals surface area contributed by atoms with Crippen molar-refractivity contribution < 1.29 is 4.79 Å². The molecule has 0 aliphatic rings. The maximum absolute atomic E-state index is 11.8. The van der Waals surface area contributed by atoms with Gasteiger partial charge in [0.15, 0.2) is 0 Å². The van der Waals surface area contributed by atoms with Gasteiger partial charge >= 0.3 is 0 Å². The molecule has 0 aliphatic carbocycles. The van der Waals surface area contributed by atoms with E-state index in [0.717, 1.165) is 0 Å². The summed E-state index contributed by atoms with van der Waals surface area (Å²) in [6.07, 6.45) is 0.959. The number of nitriles is 1. The van der Waals surface area contributed by atoms with E-state index in [9.17, 15) is 4.79 Å². The van der Waals surface area contributed by atoms with Crippen molar-refractivity contribution in [3.8, 4) is 6.07 Å². The van der Waals surface area contributed by atoms with Crippen molar-refractivity contribution in [2.75, 3.05) is 0 Å². The van der Waals surface area contributed by atoms with Crippen LogP contribution >= 0.6 is 23.2 Å². The second-order valence-corrected chi connectivity index (χ2v) is 4.22. The first-order chi connectivity index (χ1) is 8.06. The Morgan fingerprint density at radius 2 is 2.12 bits per heavy atom. The molecule has 1 N–H and O–H groups in total. The number of hydrogen-bond donors (Lipinski definition) is 1. The van der Waals surface area contributed by atoms with Crippen LogP contribution in [0, 0.1) is 11.3 Å². The maximum atomic E-state index is 11.8. The number of rotatable bonds is 4. The molecule has 1 aromatic rings. The van der Waals surface area contributed by atoms with Crippen LogP contribution in [0.2, 0.25) is 10.3 Å². The van der Waals surface area contributed by atoms with Crippen LogP contribution in [0.4, 0.5) is 0 Å². The lowest BCUT2D eigenvalue weighted by molar-refractivity contribution is 0.0936. The summed E-state index contributed by atoms with van der Waals surface area (Å²) < 4.78 is 0. The van der Waals surface area contributed by atoms with Crippen molar-refractivity contribution in [3.63, 3.8) is 0 Å². The Morgan fingerprint density at radius 3 is 2.59 bits per heavy atom. The highest BCUT2D eigenvalue weighted by molar-refractivity contribution is 6.33. The van der Waals surface area contributed by atoms with E-state index in [0.29, 0.717) is 12.0 Å². The van der Waals surface area contributed by atoms with Crippen molar-refractivity contribution >= 4 is 29.1 Å². The third-order valence-electron chi connectivity index (χ3n) is 2.19. The molecule has 90 valence electrons. The fourth-order valence-electron chi connectivity index (χ4n) is 1.27. The van der Waals surface area contributed by atoms with Crippen LogP contribution in [0.25, 0.3) is 0 Å². The first-order valence-corrected chi connectivity index (χ1v) is 5.83. The first kappa shape index (κ1) is 13.8. The van der Waals surface area contributed by atoms with Gasteiger partial charge in [-0.1, -0.05) is 30.1 Å². The van der Waals surface area contributed by atoms with Gasteiger partial charge in [0.1, 0.15) is 10.3 Å². The SMILES string of the molecule is CCC(CC#N)NC(=O)c1cc(Cl)nc(Cl)c1. The molecule has 0 aromatic carbocycles. The third-order valence-corrected chi connectivity index (χ3v) is 2.58. The Hall–Kier alpha value is -1.31. The summed E-state index contributed by atoms with van der Waals surface area (Å²) in [5, 5.41) is 11.6. The van der Waals surface area contributed by atoms with E-state index in [2.05, 4.69) is 10.3 Å². The molecule has 0 bridgehead atoms. The van der Waals surface area contributed by atoms with Gasteiger partial charge in [-0.05, 0) is 18.6 Å². The molecular weight excluding hydrogens is 261 g/mol. The number of nitrogens with one attached hydrogen (secondary N) is 1. The van der Waals surface area contributed by atoms with Gasteiger partial charge in [-0.3, -0.25) is 4.79 Å². The van der Waals surface area contributed by atoms with E-state index < -0.39 is 0 Å². The predicted molar refractivity (Wildman–Crippen MR) is 66.0 cm³/mol. The Balaban J connectivity index is 2.79. The van der Waals surface area contributed by atoms with Gasteiger partial charge in [0, 0.05) is 11.6 Å². The highest BCUT2D eigenvalue weighted by Gasteiger charge is 2.13. The highest BCUT2D eigenvalue weighted by atomic mass is 35.5. The van der Waals surface area contributed by atoms with Gasteiger partial charge in [0.2, 0.25) is 0 Å². The van der Waals surface area contributed by atoms with Crippen LogP contribution in [0.15, 0.2) is 12.1 Å². The molecule has 1 atom stereocenters. The molecular formula is C11H11Cl2N3O. The molecule has 0 aliphatic heterocycles. The molecule has 1 unspecified atom stereocenters. The molecule has 0 spiro atoms. The summed E-state index contributed by atoms with van der Waals surface area (Å²) in [6.45, 7) is 1.90.